The van der Waals surface area contributed by atoms with Crippen LogP contribution < -0.4 is 24.8 Å². The molecule has 3 aromatic carbocycles. The summed E-state index contributed by atoms with van der Waals surface area (Å²) in [4.78, 5) is 25.2. The summed E-state index contributed by atoms with van der Waals surface area (Å²) < 4.78 is 16.6. The predicted octanol–water partition coefficient (Wildman–Crippen LogP) is 5.05. The second-order valence-electron chi connectivity index (χ2n) is 7.43. The lowest BCUT2D eigenvalue weighted by molar-refractivity contribution is -0.115. The number of carbonyl (C=O) groups excluding carboxylic acids is 2. The van der Waals surface area contributed by atoms with Crippen LogP contribution in [0.25, 0.3) is 6.08 Å². The molecule has 174 valence electrons. The monoisotopic (exact) mass is 478 g/mol. The number of amides is 2. The van der Waals surface area contributed by atoms with Crippen molar-refractivity contribution in [3.63, 3.8) is 0 Å². The molecule has 2 amide bonds. The van der Waals surface area contributed by atoms with Gasteiger partial charge in [-0.25, -0.2) is 0 Å². The highest BCUT2D eigenvalue weighted by Crippen LogP contribution is 2.33. The van der Waals surface area contributed by atoms with E-state index in [1.54, 1.807) is 55.7 Å². The molecule has 8 heteroatoms. The molecule has 1 aliphatic heterocycles. The maximum Gasteiger partial charge on any atom is 0.291 e. The largest absolute Gasteiger partial charge is 0.493 e. The molecule has 0 saturated heterocycles. The second kappa shape index (κ2) is 10.3. The standard InChI is InChI=1S/C26H23ClN2O5/c1-3-33-22-10-6-17(13-23(22)32-2)15-28-25(30)18-7-11-21-20(14-18)29-26(31)24(34-21)12-16-4-8-19(27)9-5-16/h4-14H,3,15H2,1-2H3,(H,28,30)(H,29,31)/b24-12+. The third-order valence-electron chi connectivity index (χ3n) is 5.08. The van der Waals surface area contributed by atoms with Crippen LogP contribution in [0.4, 0.5) is 5.69 Å². The van der Waals surface area contributed by atoms with Gasteiger partial charge in [0.2, 0.25) is 0 Å². The smallest absolute Gasteiger partial charge is 0.291 e. The summed E-state index contributed by atoms with van der Waals surface area (Å²) in [7, 11) is 1.57. The van der Waals surface area contributed by atoms with E-state index in [0.717, 1.165) is 11.1 Å². The van der Waals surface area contributed by atoms with E-state index in [4.69, 9.17) is 25.8 Å². The molecule has 0 aromatic heterocycles. The zero-order valence-electron chi connectivity index (χ0n) is 18.7. The van der Waals surface area contributed by atoms with Crippen LogP contribution in [0, 0.1) is 0 Å². The van der Waals surface area contributed by atoms with Gasteiger partial charge in [0.25, 0.3) is 11.8 Å². The molecule has 0 saturated carbocycles. The van der Waals surface area contributed by atoms with Crippen LogP contribution in [-0.4, -0.2) is 25.5 Å². The maximum atomic E-state index is 12.7. The molecule has 0 aliphatic carbocycles. The van der Waals surface area contributed by atoms with Gasteiger partial charge in [0.15, 0.2) is 23.0 Å². The summed E-state index contributed by atoms with van der Waals surface area (Å²) in [5, 5.41) is 6.25. The topological polar surface area (TPSA) is 85.9 Å². The quantitative estimate of drug-likeness (QED) is 0.464. The number of nitrogens with one attached hydrogen (secondary N) is 2. The van der Waals surface area contributed by atoms with Crippen molar-refractivity contribution in [2.24, 2.45) is 0 Å². The molecule has 1 heterocycles. The molecule has 34 heavy (non-hydrogen) atoms. The van der Waals surface area contributed by atoms with Gasteiger partial charge in [0.05, 0.1) is 19.4 Å². The Kier molecular flexibility index (Phi) is 7.04. The highest BCUT2D eigenvalue weighted by Gasteiger charge is 2.23. The van der Waals surface area contributed by atoms with Gasteiger partial charge in [0.1, 0.15) is 0 Å². The minimum Gasteiger partial charge on any atom is -0.493 e. The molecule has 3 aromatic rings. The third-order valence-corrected chi connectivity index (χ3v) is 5.33. The van der Waals surface area contributed by atoms with Gasteiger partial charge in [-0.1, -0.05) is 29.8 Å². The number of anilines is 1. The summed E-state index contributed by atoms with van der Waals surface area (Å²) >= 11 is 5.90. The Labute approximate surface area is 202 Å². The molecule has 4 rings (SSSR count). The van der Waals surface area contributed by atoms with E-state index in [1.807, 2.05) is 25.1 Å². The zero-order chi connectivity index (χ0) is 24.1. The van der Waals surface area contributed by atoms with Crippen LogP contribution in [0.5, 0.6) is 17.2 Å². The van der Waals surface area contributed by atoms with E-state index in [2.05, 4.69) is 10.6 Å². The number of hydrogen-bond acceptors (Lipinski definition) is 5. The number of carbonyl (C=O) groups is 2. The zero-order valence-corrected chi connectivity index (χ0v) is 19.4. The van der Waals surface area contributed by atoms with Crippen LogP contribution in [0.1, 0.15) is 28.4 Å². The van der Waals surface area contributed by atoms with Gasteiger partial charge in [-0.05, 0) is 66.6 Å². The second-order valence-corrected chi connectivity index (χ2v) is 7.86. The molecule has 0 spiro atoms. The Morgan fingerprint density at radius 3 is 2.62 bits per heavy atom. The fourth-order valence-electron chi connectivity index (χ4n) is 3.39. The van der Waals surface area contributed by atoms with Crippen molar-refractivity contribution in [2.75, 3.05) is 19.0 Å². The van der Waals surface area contributed by atoms with Gasteiger partial charge in [-0.15, -0.1) is 0 Å². The molecule has 0 atom stereocenters. The first-order chi connectivity index (χ1) is 16.5. The Morgan fingerprint density at radius 1 is 1.09 bits per heavy atom. The fraction of sp³-hybridized carbons (Fsp3) is 0.154. The first-order valence-corrected chi connectivity index (χ1v) is 11.0. The van der Waals surface area contributed by atoms with E-state index in [1.165, 1.54) is 0 Å². The Hall–Kier alpha value is -3.97. The predicted molar refractivity (Wildman–Crippen MR) is 130 cm³/mol. The highest BCUT2D eigenvalue weighted by molar-refractivity contribution is 6.30. The molecule has 0 fully saturated rings. The number of ether oxygens (including phenoxy) is 3. The Balaban J connectivity index is 1.44. The Morgan fingerprint density at radius 2 is 1.88 bits per heavy atom. The van der Waals surface area contributed by atoms with Crippen molar-refractivity contribution in [1.82, 2.24) is 5.32 Å². The van der Waals surface area contributed by atoms with E-state index in [9.17, 15) is 9.59 Å². The molecule has 0 radical (unpaired) electrons. The fourth-order valence-corrected chi connectivity index (χ4v) is 3.52. The maximum absolute atomic E-state index is 12.7. The third kappa shape index (κ3) is 5.32. The van der Waals surface area contributed by atoms with Crippen LogP contribution in [0.15, 0.2) is 66.4 Å². The number of hydrogen-bond donors (Lipinski definition) is 2. The van der Waals surface area contributed by atoms with E-state index in [-0.39, 0.29) is 11.7 Å². The first kappa shape index (κ1) is 23.2. The lowest BCUT2D eigenvalue weighted by Gasteiger charge is -2.20. The average molecular weight is 479 g/mol. The summed E-state index contributed by atoms with van der Waals surface area (Å²) in [6.07, 6.45) is 1.63. The molecular weight excluding hydrogens is 456 g/mol. The molecular formula is C26H23ClN2O5. The minimum absolute atomic E-state index is 0.150. The van der Waals surface area contributed by atoms with Gasteiger partial charge in [-0.3, -0.25) is 9.59 Å². The lowest BCUT2D eigenvalue weighted by atomic mass is 10.1. The number of methoxy groups -OCH3 is 1. The number of halogens is 1. The van der Waals surface area contributed by atoms with E-state index in [0.29, 0.717) is 46.7 Å². The van der Waals surface area contributed by atoms with Gasteiger partial charge in [-0.2, -0.15) is 0 Å². The first-order valence-electron chi connectivity index (χ1n) is 10.6. The normalized spacial score (nSPS) is 13.5. The van der Waals surface area contributed by atoms with Gasteiger partial charge in [0, 0.05) is 17.1 Å². The number of benzene rings is 3. The number of fused-ring (bicyclic) bond motifs is 1. The molecule has 7 nitrogen and oxygen atoms in total. The molecule has 0 bridgehead atoms. The van der Waals surface area contributed by atoms with Crippen LogP contribution in [0.3, 0.4) is 0 Å². The van der Waals surface area contributed by atoms with Crippen molar-refractivity contribution < 1.29 is 23.8 Å². The van der Waals surface area contributed by atoms with Gasteiger partial charge >= 0.3 is 0 Å². The molecule has 2 N–H and O–H groups in total. The molecule has 1 aliphatic rings. The summed E-state index contributed by atoms with van der Waals surface area (Å²) in [5.74, 6) is 1.16. The molecule has 0 unspecified atom stereocenters. The highest BCUT2D eigenvalue weighted by atomic mass is 35.5. The van der Waals surface area contributed by atoms with Crippen molar-refractivity contribution in [2.45, 2.75) is 13.5 Å². The van der Waals surface area contributed by atoms with E-state index < -0.39 is 5.91 Å². The van der Waals surface area contributed by atoms with Crippen LogP contribution in [0.2, 0.25) is 5.02 Å². The lowest BCUT2D eigenvalue weighted by Crippen LogP contribution is -2.25. The Bertz CT molecular complexity index is 1250. The van der Waals surface area contributed by atoms with Crippen molar-refractivity contribution in [3.05, 3.63) is 88.1 Å². The minimum atomic E-state index is -0.401. The SMILES string of the molecule is CCOc1ccc(CNC(=O)c2ccc3c(c2)NC(=O)/C(=C\c2ccc(Cl)cc2)O3)cc1OC. The van der Waals surface area contributed by atoms with Crippen LogP contribution in [-0.2, 0) is 11.3 Å². The van der Waals surface area contributed by atoms with Crippen molar-refractivity contribution in [1.29, 1.82) is 0 Å². The van der Waals surface area contributed by atoms with E-state index >= 15 is 0 Å². The van der Waals surface area contributed by atoms with Crippen molar-refractivity contribution >= 4 is 35.2 Å². The summed E-state index contributed by atoms with van der Waals surface area (Å²) in [5.41, 5.74) is 2.46. The van der Waals surface area contributed by atoms with Gasteiger partial charge < -0.3 is 24.8 Å². The summed E-state index contributed by atoms with van der Waals surface area (Å²) in [6.45, 7) is 2.73. The van der Waals surface area contributed by atoms with Crippen molar-refractivity contribution in [3.8, 4) is 17.2 Å². The van der Waals surface area contributed by atoms with Crippen LogP contribution >= 0.6 is 11.6 Å². The summed E-state index contributed by atoms with van der Waals surface area (Å²) in [6, 6.07) is 17.4. The number of rotatable bonds is 7. The average Bonchev–Trinajstić information content (AvgIpc) is 2.84.